The van der Waals surface area contributed by atoms with Gasteiger partial charge in [0.25, 0.3) is 23.6 Å². The Morgan fingerprint density at radius 3 is 0.633 bits per heavy atom. The Hall–Kier alpha value is -7.23. The van der Waals surface area contributed by atoms with E-state index in [9.17, 15) is 19.2 Å². The van der Waals surface area contributed by atoms with Gasteiger partial charge in [-0.15, -0.1) is 23.2 Å². The average molecular weight is 1630 g/mol. The van der Waals surface area contributed by atoms with Crippen LogP contribution in [0.1, 0.15) is 200 Å². The Bertz CT molecular complexity index is 3930. The van der Waals surface area contributed by atoms with Gasteiger partial charge in [-0.2, -0.15) is 0 Å². The van der Waals surface area contributed by atoms with E-state index in [2.05, 4.69) is 86.6 Å². The summed E-state index contributed by atoms with van der Waals surface area (Å²) in [7, 11) is -5.17. The van der Waals surface area contributed by atoms with Gasteiger partial charge < -0.3 is 49.3 Å². The quantitative estimate of drug-likeness (QED) is 0.0100. The van der Waals surface area contributed by atoms with E-state index in [4.69, 9.17) is 87.1 Å². The first-order chi connectivity index (χ1) is 52.4. The molecular formula is C86H110Cl6N8O8S. The number of carbonyl (C=O) groups excluding carboxylic acids is 4. The van der Waals surface area contributed by atoms with Gasteiger partial charge in [-0.25, -0.2) is 0 Å². The second-order valence-electron chi connectivity index (χ2n) is 27.1. The molecule has 10 rings (SSSR count). The predicted molar refractivity (Wildman–Crippen MR) is 460 cm³/mol. The number of amides is 4. The summed E-state index contributed by atoms with van der Waals surface area (Å²) < 4.78 is 36.9. The van der Waals surface area contributed by atoms with Gasteiger partial charge in [0.15, 0.2) is 0 Å². The number of aromatic nitrogens is 2. The predicted octanol–water partition coefficient (Wildman–Crippen LogP) is 24.4. The third-order valence-electron chi connectivity index (χ3n) is 18.6. The number of nitrogens with zero attached hydrogens (tertiary/aromatic N) is 2. The number of benzene rings is 8. The summed E-state index contributed by atoms with van der Waals surface area (Å²) in [5.41, 5.74) is 6.93. The van der Waals surface area contributed by atoms with Crippen LogP contribution in [-0.2, 0) is 10.4 Å². The highest BCUT2D eigenvalue weighted by Crippen LogP contribution is 2.40. The first-order valence-electron chi connectivity index (χ1n) is 38.2. The van der Waals surface area contributed by atoms with E-state index < -0.39 is 10.4 Å². The van der Waals surface area contributed by atoms with Crippen LogP contribution in [0.3, 0.4) is 0 Å². The minimum Gasteiger partial charge on any atom is -0.759 e. The maximum atomic E-state index is 12.8. The molecule has 0 spiro atoms. The molecule has 6 N–H and O–H groups in total. The molecule has 16 nitrogen and oxygen atoms in total. The van der Waals surface area contributed by atoms with Gasteiger partial charge in [0.2, 0.25) is 0 Å². The molecule has 0 aliphatic carbocycles. The van der Waals surface area contributed by atoms with Gasteiger partial charge in [-0.3, -0.25) is 27.6 Å². The van der Waals surface area contributed by atoms with E-state index in [0.717, 1.165) is 21.5 Å². The fourth-order valence-corrected chi connectivity index (χ4v) is 13.8. The summed E-state index contributed by atoms with van der Waals surface area (Å²) in [5.74, 6) is 0.0900. The summed E-state index contributed by atoms with van der Waals surface area (Å²) in [4.78, 5) is 57.7. The fourth-order valence-electron chi connectivity index (χ4n) is 12.9. The third kappa shape index (κ3) is 31.1. The number of hydrogen-bond donors (Lipinski definition) is 6. The molecule has 0 radical (unpaired) electrons. The minimum absolute atomic E-state index is 0.256. The van der Waals surface area contributed by atoms with E-state index in [1.54, 1.807) is 146 Å². The van der Waals surface area contributed by atoms with Gasteiger partial charge in [0.05, 0.1) is 97.2 Å². The number of nitrogens with one attached hydrogen (secondary N) is 6. The van der Waals surface area contributed by atoms with Gasteiger partial charge in [-0.1, -0.05) is 226 Å². The number of hydrogen-bond acceptors (Lipinski definition) is 8. The van der Waals surface area contributed by atoms with Gasteiger partial charge in [-0.05, 0) is 148 Å². The number of halogens is 6. The zero-order chi connectivity index (χ0) is 79.8. The molecule has 4 amide bonds. The van der Waals surface area contributed by atoms with Crippen molar-refractivity contribution in [3.63, 3.8) is 0 Å². The molecule has 8 aromatic carbocycles. The van der Waals surface area contributed by atoms with Crippen LogP contribution in [0.15, 0.2) is 170 Å². The highest BCUT2D eigenvalue weighted by atomic mass is 35.5. The largest absolute Gasteiger partial charge is 0.759 e. The molecule has 0 unspecified atom stereocenters. The lowest BCUT2D eigenvalue weighted by Crippen LogP contribution is -2.50. The molecule has 0 fully saturated rings. The van der Waals surface area contributed by atoms with Crippen molar-refractivity contribution in [3.05, 3.63) is 212 Å². The first kappa shape index (κ1) is 92.4. The van der Waals surface area contributed by atoms with Crippen molar-refractivity contribution < 1.29 is 45.7 Å². The van der Waals surface area contributed by atoms with Crippen molar-refractivity contribution in [2.75, 3.05) is 85.4 Å². The molecule has 0 aliphatic rings. The number of anilines is 4. The van der Waals surface area contributed by atoms with E-state index in [-0.39, 0.29) is 23.6 Å². The van der Waals surface area contributed by atoms with Crippen LogP contribution >= 0.6 is 69.6 Å². The fraction of sp³-hybridized carbons (Fsp3) is 0.395. The van der Waals surface area contributed by atoms with Crippen LogP contribution in [-0.4, -0.2) is 124 Å². The Labute approximate surface area is 676 Å². The monoisotopic (exact) mass is 1620 g/mol. The van der Waals surface area contributed by atoms with Crippen LogP contribution in [0, 0.1) is 0 Å². The third-order valence-corrected chi connectivity index (χ3v) is 20.0. The van der Waals surface area contributed by atoms with Crippen molar-refractivity contribution in [2.24, 2.45) is 0 Å². The molecule has 10 aromatic rings. The highest BCUT2D eigenvalue weighted by molar-refractivity contribution is 7.79. The Morgan fingerprint density at radius 2 is 0.486 bits per heavy atom. The van der Waals surface area contributed by atoms with Crippen molar-refractivity contribution in [2.45, 2.75) is 158 Å². The molecule has 109 heavy (non-hydrogen) atoms. The smallest absolute Gasteiger partial charge is 0.255 e. The molecule has 0 atom stereocenters. The van der Waals surface area contributed by atoms with E-state index in [1.807, 2.05) is 24.3 Å². The van der Waals surface area contributed by atoms with E-state index in [0.29, 0.717) is 98.9 Å². The summed E-state index contributed by atoms with van der Waals surface area (Å²) in [5, 5.41) is 16.7. The number of fused-ring (bicyclic) bond motifs is 6. The van der Waals surface area contributed by atoms with E-state index in [1.165, 1.54) is 164 Å². The molecule has 0 saturated carbocycles. The van der Waals surface area contributed by atoms with Crippen molar-refractivity contribution >= 4 is 170 Å². The summed E-state index contributed by atoms with van der Waals surface area (Å²) in [6.45, 7) is 30.0. The summed E-state index contributed by atoms with van der Waals surface area (Å²) in [6.07, 6.45) is 22.1. The lowest BCUT2D eigenvalue weighted by Gasteiger charge is -2.39. The summed E-state index contributed by atoms with van der Waals surface area (Å²) in [6, 6.07) is 49.6. The Morgan fingerprint density at radius 1 is 0.321 bits per heavy atom. The number of carbonyl (C=O) groups is 4. The van der Waals surface area contributed by atoms with Crippen molar-refractivity contribution in [3.8, 4) is 0 Å². The second kappa shape index (κ2) is 49.2. The molecule has 23 heteroatoms. The lowest BCUT2D eigenvalue weighted by molar-refractivity contribution is -0.929. The molecule has 0 bridgehead atoms. The number of aromatic amines is 2. The Balaban J connectivity index is 0.000000262. The number of unbranched alkanes of at least 4 members (excludes halogenated alkanes) is 8. The average Bonchev–Trinajstić information content (AvgIpc) is 1.61. The topological polar surface area (TPSA) is 228 Å². The zero-order valence-electron chi connectivity index (χ0n) is 64.4. The van der Waals surface area contributed by atoms with Gasteiger partial charge >= 0.3 is 0 Å². The van der Waals surface area contributed by atoms with Crippen LogP contribution in [0.4, 0.5) is 22.7 Å². The normalized spacial score (nSPS) is 11.2. The number of quaternary nitrogens is 2. The molecule has 590 valence electrons. The van der Waals surface area contributed by atoms with Gasteiger partial charge in [0.1, 0.15) is 0 Å². The first-order valence-corrected chi connectivity index (χ1v) is 42.1. The standard InChI is InChI=1S/2C26H17Cl2N3O2.2C16H36N.C2H4Cl2.H2O4S/c2*27-17-11-19-20-12-18(28)14-22(30-26(33)16-9-5-2-6-10-16)24(20)31-23(19)21(13-17)29-25(32)15-7-3-1-4-8-15;2*1-5-9-13-17(14-10-6-2,15-11-7-3)16-12-8-4;3-1-2-4;1-5(2,3)4/h2*1-14,31H,(H,29,32)(H,30,33);2*5-16H2,1-4H3;1-2H2;(H2,1,2,3,4)/q;;2*+1;;/p-2. The Kier molecular flexibility index (Phi) is 41.7. The number of alkyl halides is 2. The van der Waals surface area contributed by atoms with Gasteiger partial charge in [0, 0.05) is 86.0 Å². The molecule has 2 aromatic heterocycles. The van der Waals surface area contributed by atoms with Crippen LogP contribution in [0.25, 0.3) is 43.6 Å². The van der Waals surface area contributed by atoms with Crippen LogP contribution < -0.4 is 21.3 Å². The maximum Gasteiger partial charge on any atom is 0.255 e. The van der Waals surface area contributed by atoms with Crippen molar-refractivity contribution in [1.29, 1.82) is 0 Å². The molecular weight excluding hydrogens is 1520 g/mol. The lowest BCUT2D eigenvalue weighted by atomic mass is 10.1. The molecule has 2 heterocycles. The van der Waals surface area contributed by atoms with Crippen LogP contribution in [0.2, 0.25) is 20.1 Å². The minimum atomic E-state index is -5.17. The van der Waals surface area contributed by atoms with E-state index >= 15 is 0 Å². The summed E-state index contributed by atoms with van der Waals surface area (Å²) >= 11 is 35.7. The van der Waals surface area contributed by atoms with Crippen LogP contribution in [0.5, 0.6) is 0 Å². The zero-order valence-corrected chi connectivity index (χ0v) is 69.7. The number of rotatable bonds is 33. The second-order valence-corrected chi connectivity index (χ2v) is 30.4. The highest BCUT2D eigenvalue weighted by Gasteiger charge is 2.27. The SMILES string of the molecule is CCCC[N+](CCCC)(CCCC)CCCC.CCCC[N+](CCCC)(CCCC)CCCC.ClCCCl.O=C(Nc1cc(Cl)cc2c1[nH]c1c(NC(=O)c3ccccc3)cc(Cl)cc12)c1ccccc1.O=C(Nc1cc(Cl)cc2c1[nH]c1c(NC(=O)c3ccccc3)cc(Cl)cc12)c1ccccc1.O=S(=O)([O-])[O-]. The molecule has 0 saturated heterocycles. The maximum absolute atomic E-state index is 12.8. The number of H-pyrrole nitrogens is 2. The van der Waals surface area contributed by atoms with Crippen molar-refractivity contribution in [1.82, 2.24) is 9.97 Å². The molecule has 0 aliphatic heterocycles.